The number of alkyl halides is 3. The normalized spacial score (nSPS) is 29.0. The van der Waals surface area contributed by atoms with Crippen molar-refractivity contribution in [1.29, 1.82) is 0 Å². The van der Waals surface area contributed by atoms with Gasteiger partial charge >= 0.3 is 6.18 Å². The van der Waals surface area contributed by atoms with Crippen molar-refractivity contribution in [3.05, 3.63) is 29.6 Å². The quantitative estimate of drug-likeness (QED) is 0.393. The number of halogens is 4. The molecule has 0 heterocycles. The molecule has 3 rings (SSSR count). The predicted octanol–water partition coefficient (Wildman–Crippen LogP) is 6.19. The zero-order valence-corrected chi connectivity index (χ0v) is 19.3. The Morgan fingerprint density at radius 2 is 1.87 bits per heavy atom. The first kappa shape index (κ1) is 24.4. The molecule has 1 aromatic carbocycles. The SMILES string of the molecule is CCC1CC2CC(C)CC(C2)C1NC(=O)C(C)(C)NSc1ccc(F)cc1C(F)(F)F. The third kappa shape index (κ3) is 5.75. The number of fused-ring (bicyclic) bond motifs is 2. The van der Waals surface area contributed by atoms with Gasteiger partial charge in [0, 0.05) is 10.9 Å². The van der Waals surface area contributed by atoms with Gasteiger partial charge in [0.15, 0.2) is 0 Å². The van der Waals surface area contributed by atoms with Crippen LogP contribution in [0, 0.1) is 29.5 Å². The van der Waals surface area contributed by atoms with Crippen LogP contribution < -0.4 is 10.0 Å². The van der Waals surface area contributed by atoms with Crippen LogP contribution in [0.3, 0.4) is 0 Å². The molecule has 5 atom stereocenters. The van der Waals surface area contributed by atoms with Crippen molar-refractivity contribution in [3.8, 4) is 0 Å². The average molecular weight is 461 g/mol. The van der Waals surface area contributed by atoms with Crippen LogP contribution in [0.1, 0.15) is 65.4 Å². The molecular formula is C23H32F4N2OS. The maximum absolute atomic E-state index is 13.3. The summed E-state index contributed by atoms with van der Waals surface area (Å²) in [7, 11) is 0. The highest BCUT2D eigenvalue weighted by Gasteiger charge is 2.43. The summed E-state index contributed by atoms with van der Waals surface area (Å²) in [6, 6.07) is 2.65. The molecule has 0 spiro atoms. The highest BCUT2D eigenvalue weighted by molar-refractivity contribution is 7.97. The minimum Gasteiger partial charge on any atom is -0.351 e. The lowest BCUT2D eigenvalue weighted by Gasteiger charge is -2.48. The number of benzene rings is 1. The summed E-state index contributed by atoms with van der Waals surface area (Å²) in [6.07, 6.45) is 0.943. The second kappa shape index (κ2) is 9.30. The largest absolute Gasteiger partial charge is 0.417 e. The summed E-state index contributed by atoms with van der Waals surface area (Å²) < 4.78 is 56.0. The molecule has 2 aliphatic rings. The average Bonchev–Trinajstić information content (AvgIpc) is 2.67. The van der Waals surface area contributed by atoms with Crippen molar-refractivity contribution in [1.82, 2.24) is 10.0 Å². The molecule has 2 saturated carbocycles. The van der Waals surface area contributed by atoms with Gasteiger partial charge in [-0.15, -0.1) is 0 Å². The van der Waals surface area contributed by atoms with Crippen LogP contribution in [-0.2, 0) is 11.0 Å². The van der Waals surface area contributed by atoms with Crippen LogP contribution in [0.4, 0.5) is 17.6 Å². The van der Waals surface area contributed by atoms with Gasteiger partial charge in [-0.2, -0.15) is 13.2 Å². The van der Waals surface area contributed by atoms with Gasteiger partial charge in [-0.3, -0.25) is 4.79 Å². The highest BCUT2D eigenvalue weighted by atomic mass is 32.2. The third-order valence-electron chi connectivity index (χ3n) is 6.78. The summed E-state index contributed by atoms with van der Waals surface area (Å²) in [5, 5.41) is 3.23. The van der Waals surface area contributed by atoms with E-state index in [4.69, 9.17) is 0 Å². The second-order valence-corrected chi connectivity index (χ2v) is 10.7. The number of carbonyl (C=O) groups is 1. The second-order valence-electron chi connectivity index (χ2n) is 9.81. The lowest BCUT2D eigenvalue weighted by molar-refractivity contribution is -0.140. The van der Waals surface area contributed by atoms with E-state index < -0.39 is 23.1 Å². The topological polar surface area (TPSA) is 41.1 Å². The van der Waals surface area contributed by atoms with Crippen LogP contribution in [0.15, 0.2) is 23.1 Å². The first-order valence-electron chi connectivity index (χ1n) is 11.0. The lowest BCUT2D eigenvalue weighted by Crippen LogP contribution is -2.58. The Bertz CT molecular complexity index is 796. The van der Waals surface area contributed by atoms with Crippen LogP contribution in [0.2, 0.25) is 0 Å². The van der Waals surface area contributed by atoms with E-state index in [-0.39, 0.29) is 16.8 Å². The van der Waals surface area contributed by atoms with Crippen LogP contribution in [-0.4, -0.2) is 17.5 Å². The number of rotatable bonds is 6. The summed E-state index contributed by atoms with van der Waals surface area (Å²) in [6.45, 7) is 7.73. The molecule has 3 nitrogen and oxygen atoms in total. The van der Waals surface area contributed by atoms with Gasteiger partial charge in [-0.25, -0.2) is 9.11 Å². The van der Waals surface area contributed by atoms with Crippen LogP contribution >= 0.6 is 11.9 Å². The fourth-order valence-corrected chi connectivity index (χ4v) is 6.16. The van der Waals surface area contributed by atoms with E-state index in [1.807, 2.05) is 0 Å². The Balaban J connectivity index is 1.69. The van der Waals surface area contributed by atoms with Gasteiger partial charge in [0.05, 0.1) is 5.56 Å². The summed E-state index contributed by atoms with van der Waals surface area (Å²) >= 11 is 0.707. The molecule has 0 aliphatic heterocycles. The monoisotopic (exact) mass is 460 g/mol. The van der Waals surface area contributed by atoms with Crippen molar-refractivity contribution >= 4 is 17.9 Å². The molecule has 2 N–H and O–H groups in total. The first-order chi connectivity index (χ1) is 14.4. The molecule has 1 aromatic rings. The Morgan fingerprint density at radius 1 is 1.16 bits per heavy atom. The van der Waals surface area contributed by atoms with Gasteiger partial charge in [-0.05, 0) is 93.3 Å². The van der Waals surface area contributed by atoms with Crippen molar-refractivity contribution in [2.45, 2.75) is 82.5 Å². The third-order valence-corrected chi connectivity index (χ3v) is 7.97. The summed E-state index contributed by atoms with van der Waals surface area (Å²) in [5.41, 5.74) is -2.15. The fraction of sp³-hybridized carbons (Fsp3) is 0.696. The van der Waals surface area contributed by atoms with Crippen LogP contribution in [0.25, 0.3) is 0 Å². The molecule has 2 aliphatic carbocycles. The zero-order valence-electron chi connectivity index (χ0n) is 18.5. The van der Waals surface area contributed by atoms with Gasteiger partial charge in [0.2, 0.25) is 5.91 Å². The van der Waals surface area contributed by atoms with Crippen molar-refractivity contribution in [3.63, 3.8) is 0 Å². The zero-order chi connectivity index (χ0) is 23.0. The molecule has 5 unspecified atom stereocenters. The minimum absolute atomic E-state index is 0.0964. The molecule has 0 aromatic heterocycles. The van der Waals surface area contributed by atoms with E-state index in [1.54, 1.807) is 13.8 Å². The van der Waals surface area contributed by atoms with Crippen molar-refractivity contribution in [2.24, 2.45) is 23.7 Å². The number of hydrogen-bond acceptors (Lipinski definition) is 3. The highest BCUT2D eigenvalue weighted by Crippen LogP contribution is 2.46. The van der Waals surface area contributed by atoms with Crippen molar-refractivity contribution in [2.75, 3.05) is 0 Å². The van der Waals surface area contributed by atoms with E-state index in [0.29, 0.717) is 35.8 Å². The standard InChI is InChI=1S/C23H32F4N2OS/c1-5-15-10-14-8-13(2)9-16(11-14)20(15)28-21(30)22(3,4)29-31-19-7-6-17(24)12-18(19)23(25,26)27/h6-7,12-16,20,29H,5,8-11H2,1-4H3,(H,28,30). The minimum atomic E-state index is -4.68. The van der Waals surface area contributed by atoms with E-state index in [0.717, 1.165) is 43.7 Å². The Hall–Kier alpha value is -1.28. The maximum atomic E-state index is 13.3. The Labute approximate surface area is 186 Å². The molecule has 8 heteroatoms. The van der Waals surface area contributed by atoms with E-state index in [2.05, 4.69) is 23.9 Å². The van der Waals surface area contributed by atoms with E-state index >= 15 is 0 Å². The summed E-state index contributed by atoms with van der Waals surface area (Å²) in [4.78, 5) is 13.0. The fourth-order valence-electron chi connectivity index (χ4n) is 5.28. The molecule has 31 heavy (non-hydrogen) atoms. The molecule has 0 radical (unpaired) electrons. The van der Waals surface area contributed by atoms with Crippen LogP contribution in [0.5, 0.6) is 0 Å². The predicted molar refractivity (Wildman–Crippen MR) is 115 cm³/mol. The van der Waals surface area contributed by atoms with Gasteiger partial charge in [-0.1, -0.05) is 20.3 Å². The molecular weight excluding hydrogens is 428 g/mol. The Kier molecular flexibility index (Phi) is 7.31. The number of hydrogen-bond donors (Lipinski definition) is 2. The number of amides is 1. The van der Waals surface area contributed by atoms with E-state index in [1.165, 1.54) is 6.42 Å². The number of carbonyl (C=O) groups excluding carboxylic acids is 1. The Morgan fingerprint density at radius 3 is 2.52 bits per heavy atom. The van der Waals surface area contributed by atoms with Crippen molar-refractivity contribution < 1.29 is 22.4 Å². The molecule has 174 valence electrons. The van der Waals surface area contributed by atoms with E-state index in [9.17, 15) is 22.4 Å². The molecule has 0 saturated heterocycles. The molecule has 1 amide bonds. The molecule has 2 bridgehead atoms. The lowest BCUT2D eigenvalue weighted by atomic mass is 9.62. The smallest absolute Gasteiger partial charge is 0.351 e. The number of nitrogens with one attached hydrogen (secondary N) is 2. The molecule has 2 fully saturated rings. The van der Waals surface area contributed by atoms with Gasteiger partial charge in [0.25, 0.3) is 0 Å². The maximum Gasteiger partial charge on any atom is 0.417 e. The van der Waals surface area contributed by atoms with Gasteiger partial charge in [0.1, 0.15) is 11.4 Å². The van der Waals surface area contributed by atoms with Gasteiger partial charge < -0.3 is 5.32 Å². The summed E-state index contributed by atoms with van der Waals surface area (Å²) in [5.74, 6) is 1.09. The first-order valence-corrected chi connectivity index (χ1v) is 11.8.